The Morgan fingerprint density at radius 2 is 2.09 bits per heavy atom. The number of aromatic nitrogens is 1. The first kappa shape index (κ1) is 10.3. The molecule has 0 aliphatic rings. The van der Waals surface area contributed by atoms with Crippen molar-refractivity contribution in [2.45, 2.75) is 6.92 Å². The van der Waals surface area contributed by atoms with E-state index in [2.05, 4.69) is 0 Å². The highest BCUT2D eigenvalue weighted by atomic mass is 35.5. The molecule has 0 radical (unpaired) electrons. The van der Waals surface area contributed by atoms with Gasteiger partial charge in [0.25, 0.3) is 0 Å². The van der Waals surface area contributed by atoms with Crippen LogP contribution in [-0.4, -0.2) is 9.94 Å². The molecule has 0 unspecified atom stereocenters. The van der Waals surface area contributed by atoms with Gasteiger partial charge in [0.15, 0.2) is 5.49 Å². The van der Waals surface area contributed by atoms with Crippen LogP contribution >= 0.6 is 24.0 Å². The van der Waals surface area contributed by atoms with Crippen LogP contribution in [0.4, 0.5) is 0 Å². The Hall–Kier alpha value is -0.670. The van der Waals surface area contributed by atoms with Crippen molar-refractivity contribution >= 4 is 24.0 Å². The molecule has 0 bridgehead atoms. The molecule has 0 aliphatic heterocycles. The molecule has 5 heteroatoms. The molecule has 0 spiro atoms. The standard InChI is InChI=1S/C6H7ClN2O.ClH/c1-4-5(7)2-3-6(8)9(4)10;/h2-3,8,10H,1H3;1H. The van der Waals surface area contributed by atoms with Crippen molar-refractivity contribution in [2.75, 3.05) is 0 Å². The van der Waals surface area contributed by atoms with Crippen molar-refractivity contribution in [3.05, 3.63) is 28.3 Å². The van der Waals surface area contributed by atoms with E-state index in [0.29, 0.717) is 10.7 Å². The summed E-state index contributed by atoms with van der Waals surface area (Å²) in [6.07, 6.45) is 0. The van der Waals surface area contributed by atoms with Gasteiger partial charge in [0.1, 0.15) is 0 Å². The molecule has 0 aliphatic carbocycles. The first-order chi connectivity index (χ1) is 4.63. The van der Waals surface area contributed by atoms with Crippen LogP contribution in [0.2, 0.25) is 5.02 Å². The monoisotopic (exact) mass is 194 g/mol. The summed E-state index contributed by atoms with van der Waals surface area (Å²) in [4.78, 5) is 0. The van der Waals surface area contributed by atoms with Gasteiger partial charge >= 0.3 is 0 Å². The fraction of sp³-hybridized carbons (Fsp3) is 0.167. The van der Waals surface area contributed by atoms with E-state index >= 15 is 0 Å². The zero-order valence-corrected chi connectivity index (χ0v) is 7.41. The minimum Gasteiger partial charge on any atom is -0.427 e. The maximum Gasteiger partial charge on any atom is 0.160 e. The highest BCUT2D eigenvalue weighted by Gasteiger charge is 1.97. The lowest BCUT2D eigenvalue weighted by molar-refractivity contribution is 0.164. The van der Waals surface area contributed by atoms with Gasteiger partial charge < -0.3 is 5.21 Å². The van der Waals surface area contributed by atoms with Gasteiger partial charge in [-0.25, -0.2) is 0 Å². The normalized spacial score (nSPS) is 8.91. The lowest BCUT2D eigenvalue weighted by Gasteiger charge is -2.02. The van der Waals surface area contributed by atoms with Gasteiger partial charge in [-0.05, 0) is 19.1 Å². The third kappa shape index (κ3) is 1.88. The van der Waals surface area contributed by atoms with Crippen molar-refractivity contribution in [3.63, 3.8) is 0 Å². The van der Waals surface area contributed by atoms with E-state index in [1.54, 1.807) is 13.0 Å². The number of hydrogen-bond acceptors (Lipinski definition) is 2. The quantitative estimate of drug-likeness (QED) is 0.606. The lowest BCUT2D eigenvalue weighted by Crippen LogP contribution is -2.18. The lowest BCUT2D eigenvalue weighted by atomic mass is 10.4. The van der Waals surface area contributed by atoms with Crippen molar-refractivity contribution < 1.29 is 5.21 Å². The summed E-state index contributed by atoms with van der Waals surface area (Å²) >= 11 is 5.62. The van der Waals surface area contributed by atoms with E-state index in [-0.39, 0.29) is 17.9 Å². The highest BCUT2D eigenvalue weighted by Crippen LogP contribution is 2.09. The zero-order chi connectivity index (χ0) is 7.72. The Morgan fingerprint density at radius 3 is 2.55 bits per heavy atom. The second-order valence-electron chi connectivity index (χ2n) is 1.96. The zero-order valence-electron chi connectivity index (χ0n) is 5.84. The van der Waals surface area contributed by atoms with Crippen LogP contribution < -0.4 is 5.49 Å². The number of nitrogens with one attached hydrogen (secondary N) is 1. The van der Waals surface area contributed by atoms with Crippen molar-refractivity contribution in [2.24, 2.45) is 0 Å². The predicted octanol–water partition coefficient (Wildman–Crippen LogP) is 1.59. The molecular weight excluding hydrogens is 187 g/mol. The SMILES string of the molecule is Cc1c(Cl)ccc(=N)n1O.Cl. The van der Waals surface area contributed by atoms with Crippen LogP contribution in [-0.2, 0) is 0 Å². The molecule has 0 fully saturated rings. The molecule has 0 aromatic carbocycles. The van der Waals surface area contributed by atoms with Gasteiger partial charge in [-0.1, -0.05) is 11.6 Å². The van der Waals surface area contributed by atoms with Crippen LogP contribution in [0.3, 0.4) is 0 Å². The molecule has 0 saturated carbocycles. The molecule has 1 aromatic rings. The molecule has 0 atom stereocenters. The van der Waals surface area contributed by atoms with Gasteiger partial charge in [0.2, 0.25) is 0 Å². The van der Waals surface area contributed by atoms with Crippen LogP contribution in [0.5, 0.6) is 0 Å². The van der Waals surface area contributed by atoms with E-state index in [0.717, 1.165) is 4.73 Å². The van der Waals surface area contributed by atoms with Crippen LogP contribution in [0, 0.1) is 12.3 Å². The summed E-state index contributed by atoms with van der Waals surface area (Å²) in [5.74, 6) is 0. The van der Waals surface area contributed by atoms with E-state index in [9.17, 15) is 0 Å². The van der Waals surface area contributed by atoms with Gasteiger partial charge in [-0.3, -0.25) is 5.41 Å². The fourth-order valence-corrected chi connectivity index (χ4v) is 0.768. The van der Waals surface area contributed by atoms with Crippen molar-refractivity contribution in [1.82, 2.24) is 4.73 Å². The summed E-state index contributed by atoms with van der Waals surface area (Å²) in [6.45, 7) is 1.64. The van der Waals surface area contributed by atoms with Crippen LogP contribution in [0.25, 0.3) is 0 Å². The number of nitrogens with zero attached hydrogens (tertiary/aromatic N) is 1. The molecule has 62 valence electrons. The average molecular weight is 195 g/mol. The minimum absolute atomic E-state index is 0. The molecule has 2 N–H and O–H groups in total. The summed E-state index contributed by atoms with van der Waals surface area (Å²) in [6, 6.07) is 3.00. The third-order valence-corrected chi connectivity index (χ3v) is 1.68. The average Bonchev–Trinajstić information content (AvgIpc) is 1.93. The summed E-state index contributed by atoms with van der Waals surface area (Å²) in [5.41, 5.74) is 0.510. The molecule has 3 nitrogen and oxygen atoms in total. The highest BCUT2D eigenvalue weighted by molar-refractivity contribution is 6.31. The topological polar surface area (TPSA) is 49.0 Å². The van der Waals surface area contributed by atoms with E-state index in [1.165, 1.54) is 6.07 Å². The Kier molecular flexibility index (Phi) is 3.42. The molecule has 1 rings (SSSR count). The van der Waals surface area contributed by atoms with Gasteiger partial charge in [-0.2, -0.15) is 4.73 Å². The van der Waals surface area contributed by atoms with Gasteiger partial charge in [0, 0.05) is 0 Å². The number of rotatable bonds is 0. The fourth-order valence-electron chi connectivity index (χ4n) is 0.625. The van der Waals surface area contributed by atoms with Crippen molar-refractivity contribution in [3.8, 4) is 0 Å². The Labute approximate surface area is 75.1 Å². The second-order valence-corrected chi connectivity index (χ2v) is 2.37. The van der Waals surface area contributed by atoms with E-state index < -0.39 is 0 Å². The van der Waals surface area contributed by atoms with Crippen LogP contribution in [0.1, 0.15) is 5.69 Å². The smallest absolute Gasteiger partial charge is 0.160 e. The minimum atomic E-state index is 0. The van der Waals surface area contributed by atoms with E-state index in [4.69, 9.17) is 22.2 Å². The van der Waals surface area contributed by atoms with E-state index in [1.807, 2.05) is 0 Å². The number of hydrogen-bond donors (Lipinski definition) is 2. The Morgan fingerprint density at radius 1 is 1.55 bits per heavy atom. The molecule has 1 aromatic heterocycles. The molecule has 11 heavy (non-hydrogen) atoms. The first-order valence-electron chi connectivity index (χ1n) is 2.75. The van der Waals surface area contributed by atoms with Gasteiger partial charge in [-0.15, -0.1) is 12.4 Å². The second kappa shape index (κ2) is 3.64. The predicted molar refractivity (Wildman–Crippen MR) is 44.5 cm³/mol. The third-order valence-electron chi connectivity index (χ3n) is 1.28. The number of pyridine rings is 1. The van der Waals surface area contributed by atoms with Crippen LogP contribution in [0.15, 0.2) is 12.1 Å². The summed E-state index contributed by atoms with van der Waals surface area (Å²) in [5, 5.41) is 16.6. The maximum atomic E-state index is 9.03. The van der Waals surface area contributed by atoms with Gasteiger partial charge in [0.05, 0.1) is 10.7 Å². The summed E-state index contributed by atoms with van der Waals surface area (Å²) < 4.78 is 0.738. The summed E-state index contributed by atoms with van der Waals surface area (Å²) in [7, 11) is 0. The Bertz CT molecular complexity index is 308. The largest absolute Gasteiger partial charge is 0.427 e. The number of halogens is 2. The molecule has 1 heterocycles. The molecule has 0 amide bonds. The van der Waals surface area contributed by atoms with Crippen molar-refractivity contribution in [1.29, 1.82) is 5.41 Å². The molecular formula is C6H8Cl2N2O. The molecule has 0 saturated heterocycles. The Balaban J connectivity index is 0.000001000. The first-order valence-corrected chi connectivity index (χ1v) is 3.12. The maximum absolute atomic E-state index is 9.03.